The Kier molecular flexibility index (Phi) is 9.70. The van der Waals surface area contributed by atoms with Crippen molar-refractivity contribution in [3.8, 4) is 44.9 Å². The largest absolute Gasteiger partial charge is 0.495 e. The highest BCUT2D eigenvalue weighted by molar-refractivity contribution is 9.10. The van der Waals surface area contributed by atoms with Crippen molar-refractivity contribution in [2.75, 3.05) is 0 Å². The average Bonchev–Trinajstić information content (AvgIpc) is 3.71. The van der Waals surface area contributed by atoms with E-state index in [4.69, 9.17) is 11.6 Å². The lowest BCUT2D eigenvalue weighted by atomic mass is 9.98. The van der Waals surface area contributed by atoms with E-state index in [-0.39, 0.29) is 0 Å². The lowest BCUT2D eigenvalue weighted by Crippen LogP contribution is -2.04. The third-order valence-electron chi connectivity index (χ3n) is 8.17. The molecule has 0 saturated heterocycles. The van der Waals surface area contributed by atoms with Crippen LogP contribution in [0.25, 0.3) is 66.0 Å². The minimum Gasteiger partial charge on any atom is -0.357 e. The van der Waals surface area contributed by atoms with Gasteiger partial charge in [0.25, 0.3) is 0 Å². The highest BCUT2D eigenvalue weighted by Gasteiger charge is 2.24. The Morgan fingerprint density at radius 1 is 0.688 bits per heavy atom. The van der Waals surface area contributed by atoms with Gasteiger partial charge >= 0.3 is 7.69 Å². The Morgan fingerprint density at radius 3 is 1.88 bits per heavy atom. The molecule has 0 bridgehead atoms. The lowest BCUT2D eigenvalue weighted by Gasteiger charge is -2.15. The van der Waals surface area contributed by atoms with E-state index in [0.717, 1.165) is 88.7 Å². The summed E-state index contributed by atoms with van der Waals surface area (Å²) in [5.41, 5.74) is 9.45. The van der Waals surface area contributed by atoms with Crippen LogP contribution in [-0.4, -0.2) is 17.2 Å². The highest BCUT2D eigenvalue weighted by Crippen LogP contribution is 2.49. The van der Waals surface area contributed by atoms with Crippen LogP contribution in [0.3, 0.4) is 0 Å². The van der Waals surface area contributed by atoms with Gasteiger partial charge in [-0.25, -0.2) is 0 Å². The molecule has 8 aromatic rings. The second kappa shape index (κ2) is 14.3. The predicted octanol–water partition coefficient (Wildman–Crippen LogP) is 13.9. The van der Waals surface area contributed by atoms with Gasteiger partial charge in [-0.1, -0.05) is 143 Å². The van der Waals surface area contributed by atoms with Crippen molar-refractivity contribution in [2.45, 2.75) is 6.92 Å². The molecule has 0 fully saturated rings. The number of nitrogens with one attached hydrogen (secondary N) is 1. The molecule has 0 saturated carbocycles. The molecule has 0 aliphatic carbocycles. The monoisotopic (exact) mass is 789 g/mol. The molecular weight excluding hydrogens is 764 g/mol. The van der Waals surface area contributed by atoms with E-state index in [2.05, 4.69) is 86.2 Å². The molecule has 3 heterocycles. The van der Waals surface area contributed by atoms with E-state index in [1.54, 1.807) is 4.48 Å². The normalized spacial score (nSPS) is 11.2. The molecule has 0 unspecified atom stereocenters. The summed E-state index contributed by atoms with van der Waals surface area (Å²) >= 11 is 14.2. The van der Waals surface area contributed by atoms with E-state index in [1.165, 1.54) is 0 Å². The van der Waals surface area contributed by atoms with Crippen LogP contribution < -0.4 is 0 Å². The first-order valence-corrected chi connectivity index (χ1v) is 18.2. The van der Waals surface area contributed by atoms with Gasteiger partial charge in [-0.2, -0.15) is 0 Å². The smallest absolute Gasteiger partial charge is 0.357 e. The quantitative estimate of drug-likeness (QED) is 0.168. The summed E-state index contributed by atoms with van der Waals surface area (Å²) in [6, 6.07) is 46.9. The van der Waals surface area contributed by atoms with E-state index in [0.29, 0.717) is 12.7 Å². The summed E-state index contributed by atoms with van der Waals surface area (Å²) in [5, 5.41) is 3.68. The molecule has 2 nitrogen and oxygen atoms in total. The minimum absolute atomic E-state index is 0.647. The summed E-state index contributed by atoms with van der Waals surface area (Å²) in [6.07, 6.45) is 0. The number of nitrogens with zero attached hydrogens (tertiary/aromatic N) is 1. The maximum Gasteiger partial charge on any atom is 0.495 e. The van der Waals surface area contributed by atoms with Crippen molar-refractivity contribution in [3.05, 3.63) is 159 Å². The number of aryl methyl sites for hydroxylation is 1. The summed E-state index contributed by atoms with van der Waals surface area (Å²) in [5.74, 6) is 0. The van der Waals surface area contributed by atoms with Crippen LogP contribution in [0.4, 0.5) is 4.32 Å². The first-order chi connectivity index (χ1) is 23.4. The number of aromatic nitrogens is 2. The van der Waals surface area contributed by atoms with Crippen LogP contribution in [-0.2, 0) is 0 Å². The first kappa shape index (κ1) is 32.6. The Morgan fingerprint density at radius 2 is 1.27 bits per heavy atom. The van der Waals surface area contributed by atoms with Crippen molar-refractivity contribution in [3.63, 3.8) is 0 Å². The van der Waals surface area contributed by atoms with Gasteiger partial charge in [0, 0.05) is 52.1 Å². The maximum atomic E-state index is 15.1. The van der Waals surface area contributed by atoms with Crippen molar-refractivity contribution in [2.24, 2.45) is 0 Å². The molecule has 0 aliphatic rings. The van der Waals surface area contributed by atoms with Crippen molar-refractivity contribution in [1.29, 1.82) is 0 Å². The number of benzene rings is 5. The number of halogens is 4. The van der Waals surface area contributed by atoms with Gasteiger partial charge in [0.15, 0.2) is 0 Å². The van der Waals surface area contributed by atoms with Crippen LogP contribution in [0, 0.1) is 6.92 Å². The second-order valence-corrected chi connectivity index (χ2v) is 14.8. The van der Waals surface area contributed by atoms with Crippen molar-refractivity contribution in [1.82, 2.24) is 9.46 Å². The maximum absolute atomic E-state index is 15.1. The van der Waals surface area contributed by atoms with Gasteiger partial charge < -0.3 is 13.8 Å². The number of H-pyrrole nitrogens is 1. The zero-order valence-corrected chi connectivity index (χ0v) is 30.6. The van der Waals surface area contributed by atoms with Crippen molar-refractivity contribution >= 4 is 80.5 Å². The molecule has 5 aromatic carbocycles. The van der Waals surface area contributed by atoms with Gasteiger partial charge in [0.05, 0.1) is 11.2 Å². The molecule has 0 aliphatic heterocycles. The fourth-order valence-corrected chi connectivity index (χ4v) is 8.35. The third kappa shape index (κ3) is 6.55. The molecule has 8 heteroatoms. The molecule has 3 aromatic heterocycles. The van der Waals surface area contributed by atoms with Gasteiger partial charge in [0.2, 0.25) is 0 Å². The molecule has 233 valence electrons. The summed E-state index contributed by atoms with van der Waals surface area (Å²) in [6.45, 7) is 2.06. The topological polar surface area (TPSA) is 20.7 Å². The van der Waals surface area contributed by atoms with Crippen molar-refractivity contribution < 1.29 is 4.32 Å². The molecule has 0 spiro atoms. The summed E-state index contributed by atoms with van der Waals surface area (Å²) in [4.78, 5) is 3.75. The predicted molar refractivity (Wildman–Crippen MR) is 212 cm³/mol. The van der Waals surface area contributed by atoms with E-state index >= 15 is 4.32 Å². The summed E-state index contributed by atoms with van der Waals surface area (Å²) < 4.78 is 18.7. The second-order valence-electron chi connectivity index (χ2n) is 11.4. The van der Waals surface area contributed by atoms with Gasteiger partial charge in [0.1, 0.15) is 0 Å². The Labute approximate surface area is 303 Å². The van der Waals surface area contributed by atoms with Crippen LogP contribution in [0.15, 0.2) is 148 Å². The number of fused-ring (bicyclic) bond motifs is 2. The van der Waals surface area contributed by atoms with E-state index in [9.17, 15) is 0 Å². The number of aromatic amines is 1. The SMILES string of the molecule is Cc1cc(Cl)c2c(-c3[nH]c(-c4ccc(Br)cc4)cc3-c3ccccc3)c3c(cc(-c4ccc(Br)cc4)n3[B]F)pc2c1.c1ccccc1. The fraction of sp³-hybridized carbons (Fsp3) is 0.0250. The highest BCUT2D eigenvalue weighted by atomic mass is 79.9. The molecule has 1 radical (unpaired) electrons. The lowest BCUT2D eigenvalue weighted by molar-refractivity contribution is 0.843. The van der Waals surface area contributed by atoms with E-state index < -0.39 is 0 Å². The Hall–Kier alpha value is -3.93. The van der Waals surface area contributed by atoms with Gasteiger partial charge in [-0.05, 0) is 77.7 Å². The Balaban J connectivity index is 0.000000550. The van der Waals surface area contributed by atoms with Crippen LogP contribution in [0.2, 0.25) is 5.02 Å². The zero-order valence-electron chi connectivity index (χ0n) is 25.8. The Bertz CT molecular complexity index is 2330. The average molecular weight is 792 g/mol. The molecule has 0 amide bonds. The number of rotatable bonds is 5. The first-order valence-electron chi connectivity index (χ1n) is 15.3. The third-order valence-corrected chi connectivity index (χ3v) is 10.7. The van der Waals surface area contributed by atoms with Crippen LogP contribution in [0.1, 0.15) is 5.56 Å². The zero-order chi connectivity index (χ0) is 33.2. The van der Waals surface area contributed by atoms with Gasteiger partial charge in [-0.3, -0.25) is 0 Å². The van der Waals surface area contributed by atoms with E-state index in [1.807, 2.05) is 97.1 Å². The number of hydrogen-bond acceptors (Lipinski definition) is 0. The summed E-state index contributed by atoms with van der Waals surface area (Å²) in [7, 11) is 1.64. The van der Waals surface area contributed by atoms with Gasteiger partial charge in [-0.15, -0.1) is 0 Å². The van der Waals surface area contributed by atoms with Crippen LogP contribution >= 0.6 is 51.7 Å². The standard InChI is InChI=1S/C34H21BBr2ClFN2P.C6H6/c1-19-15-26(38)31-29(16-19)42-30-18-28(22-9-13-24(37)14-10-22)41(35-39)34(30)32(31)33-25(20-5-3-2-4-6-20)17-27(40-33)21-7-11-23(36)12-8-21;1-2-4-6-5-3-1/h2-18,40H,1H3;1-6H. The molecule has 1 N–H and O–H groups in total. The fourth-order valence-electron chi connectivity index (χ4n) is 6.01. The van der Waals surface area contributed by atoms with Crippen LogP contribution in [0.5, 0.6) is 0 Å². The molecule has 8 rings (SSSR count). The minimum atomic E-state index is 0.647. The number of hydrogen-bond donors (Lipinski definition) is 1. The molecule has 48 heavy (non-hydrogen) atoms. The molecule has 0 atom stereocenters. The molecular formula is C40H27BBr2ClFN2P.